The monoisotopic (exact) mass is 768 g/mol. The highest BCUT2D eigenvalue weighted by molar-refractivity contribution is 6.05. The Morgan fingerprint density at radius 2 is 1.71 bits per heavy atom. The van der Waals surface area contributed by atoms with E-state index in [1.807, 2.05) is 30.6 Å². The molecule has 56 heavy (non-hydrogen) atoms. The number of nitrogens with two attached hydrogens (primary N) is 1. The van der Waals surface area contributed by atoms with Gasteiger partial charge in [0.05, 0.1) is 42.3 Å². The molecule has 11 heteroatoms. The van der Waals surface area contributed by atoms with Crippen LogP contribution in [0.4, 0.5) is 0 Å². The second-order valence-corrected chi connectivity index (χ2v) is 15.6. The number of likely N-dealkylation sites (tertiary alicyclic amines) is 2. The molecule has 5 N–H and O–H groups in total. The third-order valence-corrected chi connectivity index (χ3v) is 10.6. The number of hydrogen-bond donors (Lipinski definition) is 4. The van der Waals surface area contributed by atoms with Crippen molar-refractivity contribution in [3.8, 4) is 11.1 Å². The van der Waals surface area contributed by atoms with Crippen LogP contribution in [-0.2, 0) is 14.5 Å². The first-order valence-electron chi connectivity index (χ1n) is 20.0. The standard InChI is InChI=1S/C37H41N7O2.C4H10.C2H6.CH4O2.CH4/c1-4-31(45)44-20-21(2)16-30(44)36-41-34-27-11-8-23(18-25(27)13-14-37(34,3)42-36)22-7-10-26-24(17-22)9-12-28-33(26)40-35(39-28)29-6-5-15-43(29)32(46)19-38;1-4(2)3;1-2;1-3-2;/h7-14,17-18,21,29-30,34H,4-6,15-16,19-20,38H2,1-3H3,(H,39,40)(H,41,42);4H,1-3H3;1-2H3;2H,1H3;1H4/t21?,29-,30-,34?,37?;;;;/m0..../s1. The minimum absolute atomic E-state index is 0. The van der Waals surface area contributed by atoms with Crippen LogP contribution in [0.25, 0.3) is 39.0 Å². The second kappa shape index (κ2) is 19.0. The lowest BCUT2D eigenvalue weighted by atomic mass is 9.80. The van der Waals surface area contributed by atoms with Gasteiger partial charge in [-0.15, -0.1) is 0 Å². The Morgan fingerprint density at radius 1 is 1.04 bits per heavy atom. The van der Waals surface area contributed by atoms with E-state index in [1.54, 1.807) is 0 Å². The van der Waals surface area contributed by atoms with Crippen molar-refractivity contribution in [1.29, 1.82) is 0 Å². The van der Waals surface area contributed by atoms with Gasteiger partial charge in [0, 0.05) is 24.9 Å². The van der Waals surface area contributed by atoms with Gasteiger partial charge in [-0.05, 0) is 83.9 Å². The van der Waals surface area contributed by atoms with E-state index in [4.69, 9.17) is 21.0 Å². The molecule has 8 rings (SSSR count). The van der Waals surface area contributed by atoms with Crippen LogP contribution < -0.4 is 11.1 Å². The molecule has 5 atom stereocenters. The number of hydrogen-bond acceptors (Lipinski definition) is 8. The number of amides is 2. The molecule has 2 saturated heterocycles. The summed E-state index contributed by atoms with van der Waals surface area (Å²) >= 11 is 0. The zero-order valence-corrected chi connectivity index (χ0v) is 34.1. The maximum atomic E-state index is 12.7. The van der Waals surface area contributed by atoms with Crippen molar-refractivity contribution in [2.75, 3.05) is 26.7 Å². The summed E-state index contributed by atoms with van der Waals surface area (Å²) in [5.74, 6) is 3.23. The number of fused-ring (bicyclic) bond motifs is 6. The zero-order chi connectivity index (χ0) is 40.0. The molecule has 0 radical (unpaired) electrons. The third-order valence-electron chi connectivity index (χ3n) is 10.6. The summed E-state index contributed by atoms with van der Waals surface area (Å²) in [4.78, 5) is 46.0. The highest BCUT2D eigenvalue weighted by Gasteiger charge is 2.46. The smallest absolute Gasteiger partial charge is 0.236 e. The lowest BCUT2D eigenvalue weighted by Gasteiger charge is -2.33. The molecular formula is C45H65N7O4. The van der Waals surface area contributed by atoms with E-state index in [2.05, 4.69) is 110 Å². The number of aliphatic imine (C=N–C) groups is 1. The molecule has 1 aliphatic carbocycles. The molecule has 3 unspecified atom stereocenters. The molecule has 0 bridgehead atoms. The Hall–Kier alpha value is -4.58. The molecule has 304 valence electrons. The molecule has 0 spiro atoms. The summed E-state index contributed by atoms with van der Waals surface area (Å²) in [5, 5.41) is 13.0. The Morgan fingerprint density at radius 3 is 2.39 bits per heavy atom. The molecule has 4 heterocycles. The second-order valence-electron chi connectivity index (χ2n) is 15.6. The number of carbonyl (C=O) groups excluding carboxylic acids is 2. The fourth-order valence-electron chi connectivity index (χ4n) is 8.16. The Kier molecular flexibility index (Phi) is 15.0. The van der Waals surface area contributed by atoms with E-state index in [9.17, 15) is 9.59 Å². The van der Waals surface area contributed by atoms with Gasteiger partial charge in [-0.3, -0.25) is 19.8 Å². The molecule has 2 fully saturated rings. The van der Waals surface area contributed by atoms with Crippen molar-refractivity contribution in [1.82, 2.24) is 25.1 Å². The highest BCUT2D eigenvalue weighted by atomic mass is 17.1. The van der Waals surface area contributed by atoms with Crippen molar-refractivity contribution < 1.29 is 19.7 Å². The van der Waals surface area contributed by atoms with Crippen molar-refractivity contribution in [3.05, 3.63) is 71.6 Å². The van der Waals surface area contributed by atoms with Crippen LogP contribution in [0.2, 0.25) is 0 Å². The molecular weight excluding hydrogens is 703 g/mol. The fourth-order valence-corrected chi connectivity index (χ4v) is 8.16. The summed E-state index contributed by atoms with van der Waals surface area (Å²) in [6.45, 7) is 18.4. The normalized spacial score (nSPS) is 23.1. The SMILES string of the molecule is C.CC.CC(C)C.CCC(=O)N1CC(C)C[C@H]1C1=NC2c3ccc(-c4ccc5c(ccc6[nH]c([C@@H]7CCCN7C(=O)CN)nc65)c4)cc3C=CC2(C)N1.COO. The van der Waals surface area contributed by atoms with Gasteiger partial charge in [-0.2, -0.15) is 0 Å². The number of nitrogens with one attached hydrogen (secondary N) is 2. The maximum Gasteiger partial charge on any atom is 0.236 e. The summed E-state index contributed by atoms with van der Waals surface area (Å²) in [7, 11) is 1.18. The molecule has 2 amide bonds. The van der Waals surface area contributed by atoms with E-state index in [0.717, 1.165) is 82.9 Å². The first kappa shape index (κ1) is 44.1. The van der Waals surface area contributed by atoms with Gasteiger partial charge in [0.25, 0.3) is 0 Å². The van der Waals surface area contributed by atoms with Crippen LogP contribution in [0.15, 0.2) is 59.6 Å². The number of imidazole rings is 1. The van der Waals surface area contributed by atoms with Gasteiger partial charge < -0.3 is 25.8 Å². The van der Waals surface area contributed by atoms with Crippen LogP contribution in [0.1, 0.15) is 118 Å². The van der Waals surface area contributed by atoms with E-state index in [-0.39, 0.29) is 49.5 Å². The molecule has 0 saturated carbocycles. The molecule has 3 aromatic carbocycles. The van der Waals surface area contributed by atoms with Crippen LogP contribution in [0, 0.1) is 11.8 Å². The summed E-state index contributed by atoms with van der Waals surface area (Å²) in [5.41, 5.74) is 11.9. The number of H-pyrrole nitrogens is 1. The van der Waals surface area contributed by atoms with Crippen molar-refractivity contribution >= 4 is 45.5 Å². The van der Waals surface area contributed by atoms with Crippen LogP contribution >= 0.6 is 0 Å². The maximum absolute atomic E-state index is 12.7. The van der Waals surface area contributed by atoms with E-state index >= 15 is 0 Å². The van der Waals surface area contributed by atoms with Crippen LogP contribution in [0.5, 0.6) is 0 Å². The Labute approximate surface area is 333 Å². The van der Waals surface area contributed by atoms with E-state index in [1.165, 1.54) is 18.2 Å². The first-order chi connectivity index (χ1) is 26.4. The average molecular weight is 768 g/mol. The number of nitrogens with zero attached hydrogens (tertiary/aromatic N) is 4. The zero-order valence-electron chi connectivity index (χ0n) is 34.1. The minimum Gasteiger partial charge on any atom is -0.361 e. The number of amidine groups is 1. The highest BCUT2D eigenvalue weighted by Crippen LogP contribution is 2.44. The van der Waals surface area contributed by atoms with Gasteiger partial charge in [0.2, 0.25) is 11.8 Å². The molecule has 3 aliphatic heterocycles. The van der Waals surface area contributed by atoms with Gasteiger partial charge in [0.15, 0.2) is 0 Å². The van der Waals surface area contributed by atoms with Crippen molar-refractivity contribution in [3.63, 3.8) is 0 Å². The predicted octanol–water partition coefficient (Wildman–Crippen LogP) is 8.91. The van der Waals surface area contributed by atoms with Gasteiger partial charge in [-0.1, -0.05) is 98.4 Å². The minimum atomic E-state index is -0.319. The van der Waals surface area contributed by atoms with Crippen LogP contribution in [0.3, 0.4) is 0 Å². The van der Waals surface area contributed by atoms with Crippen molar-refractivity contribution in [2.45, 2.75) is 112 Å². The average Bonchev–Trinajstić information content (AvgIpc) is 3.99. The van der Waals surface area contributed by atoms with Crippen LogP contribution in [-0.4, -0.2) is 81.0 Å². The predicted molar refractivity (Wildman–Crippen MR) is 230 cm³/mol. The molecule has 4 aromatic rings. The van der Waals surface area contributed by atoms with Gasteiger partial charge >= 0.3 is 0 Å². The number of aromatic nitrogens is 2. The quantitative estimate of drug-likeness (QED) is 0.117. The van der Waals surface area contributed by atoms with Gasteiger partial charge in [0.1, 0.15) is 17.7 Å². The molecule has 4 aliphatic rings. The summed E-state index contributed by atoms with van der Waals surface area (Å²) in [6.07, 6.45) is 7.75. The first-order valence-corrected chi connectivity index (χ1v) is 20.0. The largest absolute Gasteiger partial charge is 0.361 e. The number of carbonyl (C=O) groups is 2. The molecule has 1 aromatic heterocycles. The third kappa shape index (κ3) is 9.01. The fraction of sp³-hybridized carbons (Fsp3) is 0.511. The van der Waals surface area contributed by atoms with E-state index < -0.39 is 0 Å². The Bertz CT molecular complexity index is 2030. The lowest BCUT2D eigenvalue weighted by molar-refractivity contribution is -0.214. The number of benzene rings is 3. The van der Waals surface area contributed by atoms with Gasteiger partial charge in [-0.25, -0.2) is 9.87 Å². The Balaban J connectivity index is 0.000000639. The topological polar surface area (TPSA) is 149 Å². The summed E-state index contributed by atoms with van der Waals surface area (Å²) in [6, 6.07) is 17.4. The lowest BCUT2D eigenvalue weighted by Crippen LogP contribution is -2.50. The van der Waals surface area contributed by atoms with Crippen molar-refractivity contribution in [2.24, 2.45) is 22.6 Å². The summed E-state index contributed by atoms with van der Waals surface area (Å²) < 4.78 is 0. The number of aromatic amines is 1. The number of rotatable bonds is 5. The molecule has 11 nitrogen and oxygen atoms in total. The van der Waals surface area contributed by atoms with E-state index in [0.29, 0.717) is 12.3 Å².